The largest absolute Gasteiger partial charge is 0.493 e. The second-order valence-electron chi connectivity index (χ2n) is 3.02. The molecule has 0 bridgehead atoms. The number of nitrogens with zero attached hydrogens (tertiary/aromatic N) is 1. The van der Waals surface area contributed by atoms with Crippen molar-refractivity contribution in [3.63, 3.8) is 0 Å². The van der Waals surface area contributed by atoms with Crippen LogP contribution >= 0.6 is 0 Å². The van der Waals surface area contributed by atoms with E-state index >= 15 is 0 Å². The molecule has 5 heteroatoms. The molecule has 0 aromatic heterocycles. The number of methoxy groups -OCH3 is 2. The third-order valence-corrected chi connectivity index (χ3v) is 2.08. The van der Waals surface area contributed by atoms with E-state index in [9.17, 15) is 10.1 Å². The molecule has 16 heavy (non-hydrogen) atoms. The fraction of sp³-hybridized carbons (Fsp3) is 0.273. The van der Waals surface area contributed by atoms with Gasteiger partial charge in [-0.1, -0.05) is 12.2 Å². The van der Waals surface area contributed by atoms with Crippen molar-refractivity contribution >= 4 is 11.8 Å². The first-order valence-corrected chi connectivity index (χ1v) is 4.67. The van der Waals surface area contributed by atoms with Gasteiger partial charge in [-0.3, -0.25) is 10.1 Å². The van der Waals surface area contributed by atoms with Crippen LogP contribution in [0.4, 0.5) is 5.69 Å². The van der Waals surface area contributed by atoms with Crippen molar-refractivity contribution in [2.24, 2.45) is 0 Å². The predicted octanol–water partition coefficient (Wildman–Crippen LogP) is 2.65. The average molecular weight is 223 g/mol. The molecule has 5 nitrogen and oxygen atoms in total. The van der Waals surface area contributed by atoms with Crippen LogP contribution in [0.15, 0.2) is 18.2 Å². The van der Waals surface area contributed by atoms with Crippen LogP contribution in [0.2, 0.25) is 0 Å². The van der Waals surface area contributed by atoms with Crippen LogP contribution in [0, 0.1) is 10.1 Å². The van der Waals surface area contributed by atoms with Crippen LogP contribution in [-0.4, -0.2) is 19.1 Å². The smallest absolute Gasteiger partial charge is 0.280 e. The molecule has 0 spiro atoms. The number of rotatable bonds is 4. The molecule has 0 atom stereocenters. The van der Waals surface area contributed by atoms with E-state index in [2.05, 4.69) is 0 Å². The van der Waals surface area contributed by atoms with E-state index < -0.39 is 4.92 Å². The van der Waals surface area contributed by atoms with Crippen molar-refractivity contribution < 1.29 is 14.4 Å². The lowest BCUT2D eigenvalue weighted by Gasteiger charge is -2.08. The van der Waals surface area contributed by atoms with E-state index in [1.807, 2.05) is 0 Å². The summed E-state index contributed by atoms with van der Waals surface area (Å²) in [4.78, 5) is 10.4. The maximum Gasteiger partial charge on any atom is 0.280 e. The lowest BCUT2D eigenvalue weighted by atomic mass is 10.1. The van der Waals surface area contributed by atoms with E-state index in [-0.39, 0.29) is 5.69 Å². The fourth-order valence-electron chi connectivity index (χ4n) is 1.36. The first-order valence-electron chi connectivity index (χ1n) is 4.67. The summed E-state index contributed by atoms with van der Waals surface area (Å²) in [5, 5.41) is 10.8. The molecule has 1 aromatic carbocycles. The summed E-state index contributed by atoms with van der Waals surface area (Å²) in [5.74, 6) is 0.823. The molecule has 0 fully saturated rings. The normalized spacial score (nSPS) is 10.4. The molecule has 0 saturated heterocycles. The zero-order valence-corrected chi connectivity index (χ0v) is 9.39. The van der Waals surface area contributed by atoms with Gasteiger partial charge < -0.3 is 9.47 Å². The zero-order chi connectivity index (χ0) is 12.1. The molecular weight excluding hydrogens is 210 g/mol. The monoisotopic (exact) mass is 223 g/mol. The van der Waals surface area contributed by atoms with Gasteiger partial charge >= 0.3 is 0 Å². The molecule has 0 heterocycles. The Bertz CT molecular complexity index is 426. The number of benzene rings is 1. The van der Waals surface area contributed by atoms with Crippen molar-refractivity contribution in [3.8, 4) is 11.5 Å². The van der Waals surface area contributed by atoms with E-state index in [1.165, 1.54) is 20.3 Å². The van der Waals surface area contributed by atoms with Crippen molar-refractivity contribution in [3.05, 3.63) is 33.9 Å². The van der Waals surface area contributed by atoms with Gasteiger partial charge in [-0.15, -0.1) is 0 Å². The summed E-state index contributed by atoms with van der Waals surface area (Å²) in [7, 11) is 2.93. The van der Waals surface area contributed by atoms with Gasteiger partial charge in [0.25, 0.3) is 5.69 Å². The maximum absolute atomic E-state index is 10.8. The fourth-order valence-corrected chi connectivity index (χ4v) is 1.36. The second-order valence-corrected chi connectivity index (χ2v) is 3.02. The van der Waals surface area contributed by atoms with Gasteiger partial charge in [0.05, 0.1) is 30.8 Å². The summed E-state index contributed by atoms with van der Waals surface area (Å²) in [6.45, 7) is 1.79. The van der Waals surface area contributed by atoms with Crippen LogP contribution in [0.1, 0.15) is 12.5 Å². The standard InChI is InChI=1S/C11H13NO4/c1-4-5-8-6-10(15-2)11(16-3)7-9(8)12(13)14/h4-7H,1-3H3/b5-4+. The van der Waals surface area contributed by atoms with Gasteiger partial charge in [0.15, 0.2) is 11.5 Å². The zero-order valence-electron chi connectivity index (χ0n) is 9.39. The summed E-state index contributed by atoms with van der Waals surface area (Å²) >= 11 is 0. The molecule has 0 aliphatic carbocycles. The molecular formula is C11H13NO4. The first kappa shape index (κ1) is 12.0. The Labute approximate surface area is 93.4 Å². The first-order chi connectivity index (χ1) is 7.63. The minimum absolute atomic E-state index is 0.00394. The van der Waals surface area contributed by atoms with Gasteiger partial charge in [0.1, 0.15) is 0 Å². The number of nitro benzene ring substituents is 1. The van der Waals surface area contributed by atoms with Crippen LogP contribution in [0.25, 0.3) is 6.08 Å². The molecule has 0 unspecified atom stereocenters. The van der Waals surface area contributed by atoms with Crippen molar-refractivity contribution in [2.45, 2.75) is 6.92 Å². The van der Waals surface area contributed by atoms with Crippen LogP contribution in [-0.2, 0) is 0 Å². The van der Waals surface area contributed by atoms with Crippen molar-refractivity contribution in [1.82, 2.24) is 0 Å². The summed E-state index contributed by atoms with van der Waals surface area (Å²) in [6.07, 6.45) is 3.38. The maximum atomic E-state index is 10.8. The third-order valence-electron chi connectivity index (χ3n) is 2.08. The topological polar surface area (TPSA) is 61.6 Å². The average Bonchev–Trinajstić information content (AvgIpc) is 2.28. The van der Waals surface area contributed by atoms with Gasteiger partial charge in [-0.05, 0) is 13.0 Å². The minimum Gasteiger partial charge on any atom is -0.493 e. The highest BCUT2D eigenvalue weighted by Gasteiger charge is 2.17. The van der Waals surface area contributed by atoms with Gasteiger partial charge in [0, 0.05) is 0 Å². The minimum atomic E-state index is -0.447. The Morgan fingerprint density at radius 2 is 1.81 bits per heavy atom. The Kier molecular flexibility index (Phi) is 3.88. The Morgan fingerprint density at radius 1 is 1.25 bits per heavy atom. The molecule has 0 aliphatic heterocycles. The highest BCUT2D eigenvalue weighted by molar-refractivity contribution is 5.66. The number of allylic oxidation sites excluding steroid dienone is 1. The molecule has 1 rings (SSSR count). The molecule has 1 aromatic rings. The van der Waals surface area contributed by atoms with Crippen molar-refractivity contribution in [1.29, 1.82) is 0 Å². The lowest BCUT2D eigenvalue weighted by Crippen LogP contribution is -1.96. The van der Waals surface area contributed by atoms with Gasteiger partial charge in [-0.2, -0.15) is 0 Å². The summed E-state index contributed by atoms with van der Waals surface area (Å²) < 4.78 is 10.1. The summed E-state index contributed by atoms with van der Waals surface area (Å²) in [6, 6.07) is 2.94. The molecule has 86 valence electrons. The van der Waals surface area contributed by atoms with E-state index in [1.54, 1.807) is 25.1 Å². The summed E-state index contributed by atoms with van der Waals surface area (Å²) in [5.41, 5.74) is 0.487. The quantitative estimate of drug-likeness (QED) is 0.581. The van der Waals surface area contributed by atoms with Crippen LogP contribution < -0.4 is 9.47 Å². The SMILES string of the molecule is C/C=C/c1cc(OC)c(OC)cc1[N+](=O)[O-]. The number of nitro groups is 1. The van der Waals surface area contributed by atoms with E-state index in [0.29, 0.717) is 17.1 Å². The van der Waals surface area contributed by atoms with Gasteiger partial charge in [-0.25, -0.2) is 0 Å². The molecule has 0 N–H and O–H groups in total. The predicted molar refractivity (Wildman–Crippen MR) is 60.9 cm³/mol. The molecule has 0 amide bonds. The van der Waals surface area contributed by atoms with Crippen molar-refractivity contribution in [2.75, 3.05) is 14.2 Å². The van der Waals surface area contributed by atoms with E-state index in [4.69, 9.17) is 9.47 Å². The molecule has 0 radical (unpaired) electrons. The van der Waals surface area contributed by atoms with Crippen LogP contribution in [0.5, 0.6) is 11.5 Å². The van der Waals surface area contributed by atoms with Crippen LogP contribution in [0.3, 0.4) is 0 Å². The lowest BCUT2D eigenvalue weighted by molar-refractivity contribution is -0.385. The highest BCUT2D eigenvalue weighted by Crippen LogP contribution is 2.34. The Morgan fingerprint density at radius 3 is 2.25 bits per heavy atom. The number of hydrogen-bond donors (Lipinski definition) is 0. The highest BCUT2D eigenvalue weighted by atomic mass is 16.6. The van der Waals surface area contributed by atoms with E-state index in [0.717, 1.165) is 0 Å². The van der Waals surface area contributed by atoms with Gasteiger partial charge in [0.2, 0.25) is 0 Å². The molecule has 0 aliphatic rings. The number of hydrogen-bond acceptors (Lipinski definition) is 4. The molecule has 0 saturated carbocycles. The Balaban J connectivity index is 3.41. The second kappa shape index (κ2) is 5.16. The Hall–Kier alpha value is -2.04. The third kappa shape index (κ3) is 2.31. The number of ether oxygens (including phenoxy) is 2.